The van der Waals surface area contributed by atoms with E-state index in [-0.39, 0.29) is 11.5 Å². The Kier molecular flexibility index (Phi) is 5.37. The lowest BCUT2D eigenvalue weighted by atomic mass is 9.95. The largest absolute Gasteiger partial charge is 0.313 e. The highest BCUT2D eigenvalue weighted by Gasteiger charge is 2.21. The molecule has 0 unspecified atom stereocenters. The molecule has 2 aromatic heterocycles. The summed E-state index contributed by atoms with van der Waals surface area (Å²) in [5.41, 5.74) is 3.37. The van der Waals surface area contributed by atoms with Crippen molar-refractivity contribution in [2.75, 3.05) is 5.32 Å². The first-order valence-electron chi connectivity index (χ1n) is 10.7. The summed E-state index contributed by atoms with van der Waals surface area (Å²) in [5, 5.41) is 8.03. The number of nitrogens with one attached hydrogen (secondary N) is 2. The Morgan fingerprint density at radius 3 is 2.47 bits per heavy atom. The summed E-state index contributed by atoms with van der Waals surface area (Å²) >= 11 is 1.62. The van der Waals surface area contributed by atoms with E-state index in [9.17, 15) is 9.59 Å². The monoisotopic (exact) mass is 441 g/mol. The first kappa shape index (κ1) is 20.3. The van der Waals surface area contributed by atoms with E-state index < -0.39 is 0 Å². The Bertz CT molecular complexity index is 1450. The van der Waals surface area contributed by atoms with Crippen LogP contribution in [0.5, 0.6) is 0 Å². The van der Waals surface area contributed by atoms with Gasteiger partial charge in [-0.25, -0.2) is 4.68 Å². The number of amides is 1. The van der Waals surface area contributed by atoms with Crippen LogP contribution in [-0.4, -0.2) is 15.7 Å². The number of thiophene rings is 1. The number of aromatic nitrogens is 2. The van der Waals surface area contributed by atoms with Gasteiger partial charge in [-0.3, -0.25) is 14.7 Å². The zero-order valence-electron chi connectivity index (χ0n) is 17.6. The summed E-state index contributed by atoms with van der Waals surface area (Å²) in [6.07, 6.45) is 6.09. The average molecular weight is 442 g/mol. The Labute approximate surface area is 189 Å². The molecule has 0 spiro atoms. The molecule has 160 valence electrons. The lowest BCUT2D eigenvalue weighted by Crippen LogP contribution is -2.34. The number of carbonyl (C=O) groups is 1. The minimum atomic E-state index is -0.155. The van der Waals surface area contributed by atoms with Gasteiger partial charge in [0.15, 0.2) is 0 Å². The number of fused-ring (bicyclic) bond motifs is 1. The van der Waals surface area contributed by atoms with Gasteiger partial charge in [0.2, 0.25) is 0 Å². The van der Waals surface area contributed by atoms with Gasteiger partial charge in [0.05, 0.1) is 16.3 Å². The lowest BCUT2D eigenvalue weighted by Gasteiger charge is -2.11. The van der Waals surface area contributed by atoms with Crippen molar-refractivity contribution < 1.29 is 4.79 Å². The van der Waals surface area contributed by atoms with Crippen LogP contribution in [0.15, 0.2) is 65.5 Å². The van der Waals surface area contributed by atoms with Crippen molar-refractivity contribution in [1.82, 2.24) is 9.78 Å². The molecule has 5 rings (SSSR count). The van der Waals surface area contributed by atoms with E-state index in [1.54, 1.807) is 23.5 Å². The van der Waals surface area contributed by atoms with Crippen molar-refractivity contribution in [3.05, 3.63) is 103 Å². The molecule has 1 amide bonds. The van der Waals surface area contributed by atoms with Crippen LogP contribution < -0.4 is 21.4 Å². The number of carbonyl (C=O) groups excluding carboxylic acids is 1. The number of hydrogen-bond acceptors (Lipinski definition) is 3. The number of H-pyrrole nitrogens is 1. The van der Waals surface area contributed by atoms with E-state index in [1.165, 1.54) is 15.1 Å². The Balaban J connectivity index is 1.63. The zero-order chi connectivity index (χ0) is 22.1. The van der Waals surface area contributed by atoms with E-state index in [0.29, 0.717) is 16.1 Å². The van der Waals surface area contributed by atoms with Gasteiger partial charge in [-0.15, -0.1) is 11.3 Å². The quantitative estimate of drug-likeness (QED) is 0.508. The number of rotatable bonds is 4. The molecular weight excluding hydrogens is 418 g/mol. The SMILES string of the molecule is C=c1[nH]n(-c2ccccc2)c(=O)/c1=C\c1c(NC(=O)c2ccccc2)sc2c1CCCC2. The van der Waals surface area contributed by atoms with Gasteiger partial charge < -0.3 is 5.32 Å². The lowest BCUT2D eigenvalue weighted by molar-refractivity contribution is 0.102. The fourth-order valence-electron chi connectivity index (χ4n) is 4.15. The molecule has 1 aliphatic rings. The average Bonchev–Trinajstić information content (AvgIpc) is 3.32. The van der Waals surface area contributed by atoms with E-state index in [4.69, 9.17) is 0 Å². The molecule has 0 saturated carbocycles. The third kappa shape index (κ3) is 3.74. The predicted octanol–water partition coefficient (Wildman–Crippen LogP) is 3.60. The number of hydrogen-bond donors (Lipinski definition) is 2. The van der Waals surface area contributed by atoms with Crippen LogP contribution in [0.25, 0.3) is 18.3 Å². The molecule has 5 nitrogen and oxygen atoms in total. The maximum Gasteiger partial charge on any atom is 0.279 e. The smallest absolute Gasteiger partial charge is 0.279 e. The first-order chi connectivity index (χ1) is 15.6. The highest BCUT2D eigenvalue weighted by Crippen LogP contribution is 2.38. The number of anilines is 1. The van der Waals surface area contributed by atoms with Crippen molar-refractivity contribution in [1.29, 1.82) is 0 Å². The first-order valence-corrected chi connectivity index (χ1v) is 11.5. The van der Waals surface area contributed by atoms with Gasteiger partial charge in [0.25, 0.3) is 11.5 Å². The maximum atomic E-state index is 13.2. The molecule has 2 N–H and O–H groups in total. The second kappa shape index (κ2) is 8.48. The summed E-state index contributed by atoms with van der Waals surface area (Å²) in [7, 11) is 0. The third-order valence-electron chi connectivity index (χ3n) is 5.78. The Morgan fingerprint density at radius 2 is 1.72 bits per heavy atom. The molecule has 32 heavy (non-hydrogen) atoms. The molecule has 6 heteroatoms. The maximum absolute atomic E-state index is 13.2. The van der Waals surface area contributed by atoms with Crippen molar-refractivity contribution in [2.45, 2.75) is 25.7 Å². The summed E-state index contributed by atoms with van der Waals surface area (Å²) in [6.45, 7) is 4.07. The molecule has 0 aliphatic heterocycles. The summed E-state index contributed by atoms with van der Waals surface area (Å²) < 4.78 is 1.51. The highest BCUT2D eigenvalue weighted by atomic mass is 32.1. The van der Waals surface area contributed by atoms with Crippen molar-refractivity contribution >= 4 is 34.9 Å². The number of aryl methyl sites for hydroxylation is 1. The van der Waals surface area contributed by atoms with Crippen molar-refractivity contribution in [3.63, 3.8) is 0 Å². The van der Waals surface area contributed by atoms with Crippen molar-refractivity contribution in [2.24, 2.45) is 0 Å². The van der Waals surface area contributed by atoms with E-state index >= 15 is 0 Å². The highest BCUT2D eigenvalue weighted by molar-refractivity contribution is 7.16. The number of nitrogens with zero attached hydrogens (tertiary/aromatic N) is 1. The van der Waals surface area contributed by atoms with Gasteiger partial charge in [-0.1, -0.05) is 43.0 Å². The Hall–Kier alpha value is -3.64. The number of benzene rings is 2. The van der Waals surface area contributed by atoms with Crippen LogP contribution in [0.1, 0.15) is 39.2 Å². The van der Waals surface area contributed by atoms with Crippen LogP contribution in [0.4, 0.5) is 5.00 Å². The number of para-hydroxylation sites is 1. The third-order valence-corrected chi connectivity index (χ3v) is 7.01. The molecular formula is C26H23N3O2S. The zero-order valence-corrected chi connectivity index (χ0v) is 18.4. The van der Waals surface area contributed by atoms with E-state index in [1.807, 2.05) is 54.6 Å². The van der Waals surface area contributed by atoms with Gasteiger partial charge in [0.1, 0.15) is 5.00 Å². The predicted molar refractivity (Wildman–Crippen MR) is 130 cm³/mol. The molecule has 0 fully saturated rings. The molecule has 4 aromatic rings. The second-order valence-corrected chi connectivity index (χ2v) is 9.00. The minimum Gasteiger partial charge on any atom is -0.313 e. The summed E-state index contributed by atoms with van der Waals surface area (Å²) in [6, 6.07) is 18.6. The van der Waals surface area contributed by atoms with E-state index in [0.717, 1.165) is 41.9 Å². The Morgan fingerprint density at radius 1 is 1.03 bits per heavy atom. The van der Waals surface area contributed by atoms with Crippen molar-refractivity contribution in [3.8, 4) is 5.69 Å². The van der Waals surface area contributed by atoms with E-state index in [2.05, 4.69) is 17.0 Å². The molecule has 1 aliphatic carbocycles. The fourth-order valence-corrected chi connectivity index (χ4v) is 5.41. The minimum absolute atomic E-state index is 0.149. The summed E-state index contributed by atoms with van der Waals surface area (Å²) in [5.74, 6) is -0.149. The van der Waals surface area contributed by atoms with Gasteiger partial charge >= 0.3 is 0 Å². The van der Waals surface area contributed by atoms with Crippen LogP contribution in [-0.2, 0) is 12.8 Å². The standard InChI is InChI=1S/C26H23N3O2S/c1-17-21(26(31)29(28-17)19-12-6-3-7-13-19)16-22-20-14-8-9-15-23(20)32-25(22)27-24(30)18-10-4-2-5-11-18/h2-7,10-13,16,28H,1,8-9,14-15H2,(H,27,30)/b21-16-. The number of aromatic amines is 1. The normalized spacial score (nSPS) is 13.7. The second-order valence-electron chi connectivity index (χ2n) is 7.90. The van der Waals surface area contributed by atoms with Gasteiger partial charge in [0, 0.05) is 16.0 Å². The fraction of sp³-hybridized carbons (Fsp3) is 0.154. The van der Waals surface area contributed by atoms with Crippen LogP contribution in [0.3, 0.4) is 0 Å². The van der Waals surface area contributed by atoms with Gasteiger partial charge in [-0.05, 0) is 61.6 Å². The van der Waals surface area contributed by atoms with Crippen LogP contribution in [0.2, 0.25) is 0 Å². The molecule has 0 radical (unpaired) electrons. The summed E-state index contributed by atoms with van der Waals surface area (Å²) in [4.78, 5) is 27.4. The van der Waals surface area contributed by atoms with Crippen LogP contribution >= 0.6 is 11.3 Å². The van der Waals surface area contributed by atoms with Gasteiger partial charge in [-0.2, -0.15) is 0 Å². The molecule has 2 heterocycles. The molecule has 2 aromatic carbocycles. The van der Waals surface area contributed by atoms with Crippen LogP contribution in [0, 0.1) is 0 Å². The molecule has 0 bridgehead atoms. The molecule has 0 atom stereocenters. The molecule has 0 saturated heterocycles. The topological polar surface area (TPSA) is 66.9 Å².